The number of halogens is 1. The highest BCUT2D eigenvalue weighted by molar-refractivity contribution is 5.98. The van der Waals surface area contributed by atoms with Crippen LogP contribution in [0.1, 0.15) is 16.8 Å². The number of nitrogens with one attached hydrogen (secondary N) is 3. The maximum atomic E-state index is 14.8. The Kier molecular flexibility index (Phi) is 6.52. The maximum Gasteiger partial charge on any atom is 0.252 e. The van der Waals surface area contributed by atoms with Crippen LogP contribution < -0.4 is 21.7 Å². The molecule has 2 atom stereocenters. The molecule has 166 valence electrons. The number of amides is 1. The molecule has 1 aromatic carbocycles. The minimum atomic E-state index is -0.785. The van der Waals surface area contributed by atoms with Crippen molar-refractivity contribution in [3.8, 4) is 11.4 Å². The van der Waals surface area contributed by atoms with E-state index in [4.69, 9.17) is 10.5 Å². The van der Waals surface area contributed by atoms with Gasteiger partial charge in [0.1, 0.15) is 5.82 Å². The molecule has 1 aliphatic rings. The second-order valence-electron chi connectivity index (χ2n) is 7.37. The van der Waals surface area contributed by atoms with E-state index in [1.807, 2.05) is 25.2 Å². The lowest BCUT2D eigenvalue weighted by molar-refractivity contribution is 0.0656. The molecule has 0 aliphatic carbocycles. The lowest BCUT2D eigenvalue weighted by Gasteiger charge is -2.32. The molecule has 9 nitrogen and oxygen atoms in total. The lowest BCUT2D eigenvalue weighted by atomic mass is 10.0. The molecule has 10 heteroatoms. The van der Waals surface area contributed by atoms with E-state index in [2.05, 4.69) is 30.9 Å². The summed E-state index contributed by atoms with van der Waals surface area (Å²) in [7, 11) is 1.82. The Labute approximate surface area is 184 Å². The van der Waals surface area contributed by atoms with Crippen LogP contribution in [0.2, 0.25) is 0 Å². The number of carbonyl (C=O) groups is 1. The van der Waals surface area contributed by atoms with Crippen LogP contribution in [0, 0.1) is 5.82 Å². The highest BCUT2D eigenvalue weighted by Crippen LogP contribution is 2.27. The molecule has 1 amide bonds. The molecule has 0 saturated carbocycles. The van der Waals surface area contributed by atoms with E-state index in [1.165, 1.54) is 0 Å². The quantitative estimate of drug-likeness (QED) is 0.444. The van der Waals surface area contributed by atoms with Crippen LogP contribution in [0.4, 0.5) is 21.7 Å². The van der Waals surface area contributed by atoms with Gasteiger partial charge in [0, 0.05) is 36.3 Å². The summed E-state index contributed by atoms with van der Waals surface area (Å²) in [6.07, 6.45) is 4.00. The topological polar surface area (TPSA) is 127 Å². The van der Waals surface area contributed by atoms with Crippen molar-refractivity contribution in [2.45, 2.75) is 18.5 Å². The number of primary amides is 1. The van der Waals surface area contributed by atoms with E-state index < -0.39 is 11.7 Å². The zero-order chi connectivity index (χ0) is 22.5. The SMILES string of the molecule is CNC1COCCC1Nc1nc(Nc2cccc(-c3ncccn3)c2)c(C(N)=O)cc1F. The molecule has 3 heterocycles. The van der Waals surface area contributed by atoms with Gasteiger partial charge in [-0.15, -0.1) is 0 Å². The van der Waals surface area contributed by atoms with Crippen LogP contribution in [0.15, 0.2) is 48.8 Å². The number of ether oxygens (including phenoxy) is 1. The van der Waals surface area contributed by atoms with Crippen molar-refractivity contribution in [3.63, 3.8) is 0 Å². The first-order valence-electron chi connectivity index (χ1n) is 10.2. The number of hydrogen-bond donors (Lipinski definition) is 4. The minimum Gasteiger partial charge on any atom is -0.380 e. The van der Waals surface area contributed by atoms with Gasteiger partial charge in [0.05, 0.1) is 18.2 Å². The molecule has 1 fully saturated rings. The summed E-state index contributed by atoms with van der Waals surface area (Å²) in [6, 6.07) is 10.0. The van der Waals surface area contributed by atoms with Gasteiger partial charge in [-0.1, -0.05) is 12.1 Å². The molecule has 3 aromatic rings. The largest absolute Gasteiger partial charge is 0.380 e. The predicted molar refractivity (Wildman–Crippen MR) is 119 cm³/mol. The number of anilines is 3. The first-order valence-corrected chi connectivity index (χ1v) is 10.2. The van der Waals surface area contributed by atoms with Gasteiger partial charge < -0.3 is 26.4 Å². The van der Waals surface area contributed by atoms with Crippen LogP contribution in [-0.2, 0) is 4.74 Å². The lowest BCUT2D eigenvalue weighted by Crippen LogP contribution is -2.49. The average Bonchev–Trinajstić information content (AvgIpc) is 2.82. The van der Waals surface area contributed by atoms with Gasteiger partial charge in [-0.2, -0.15) is 0 Å². The third-order valence-electron chi connectivity index (χ3n) is 5.24. The third-order valence-corrected chi connectivity index (χ3v) is 5.24. The van der Waals surface area contributed by atoms with Gasteiger partial charge in [-0.3, -0.25) is 4.79 Å². The molecule has 0 radical (unpaired) electrons. The second-order valence-corrected chi connectivity index (χ2v) is 7.37. The Hall–Kier alpha value is -3.63. The Morgan fingerprint density at radius 2 is 1.97 bits per heavy atom. The molecule has 1 aliphatic heterocycles. The van der Waals surface area contributed by atoms with Gasteiger partial charge in [-0.05, 0) is 37.7 Å². The van der Waals surface area contributed by atoms with Crippen LogP contribution >= 0.6 is 0 Å². The van der Waals surface area contributed by atoms with Crippen LogP contribution in [-0.4, -0.2) is 53.2 Å². The van der Waals surface area contributed by atoms with E-state index in [1.54, 1.807) is 24.5 Å². The fraction of sp³-hybridized carbons (Fsp3) is 0.273. The van der Waals surface area contributed by atoms with Gasteiger partial charge in [-0.25, -0.2) is 19.3 Å². The van der Waals surface area contributed by atoms with E-state index in [0.29, 0.717) is 31.1 Å². The summed E-state index contributed by atoms with van der Waals surface area (Å²) in [6.45, 7) is 1.07. The number of nitrogens with two attached hydrogens (primary N) is 1. The standard InChI is InChI=1S/C22H24FN7O2/c1-25-18-12-32-9-6-17(18)29-22-16(23)11-15(19(24)31)21(30-22)28-14-5-2-4-13(10-14)20-26-7-3-8-27-20/h2-5,7-8,10-11,17-18,25H,6,9,12H2,1H3,(H2,24,31)(H2,28,29,30). The fourth-order valence-electron chi connectivity index (χ4n) is 3.56. The smallest absolute Gasteiger partial charge is 0.252 e. The average molecular weight is 437 g/mol. The Morgan fingerprint density at radius 1 is 1.16 bits per heavy atom. The predicted octanol–water partition coefficient (Wildman–Crippen LogP) is 2.31. The summed E-state index contributed by atoms with van der Waals surface area (Å²) in [4.78, 5) is 24.8. The van der Waals surface area contributed by atoms with E-state index in [9.17, 15) is 9.18 Å². The first kappa shape index (κ1) is 21.6. The van der Waals surface area contributed by atoms with Crippen molar-refractivity contribution in [1.82, 2.24) is 20.3 Å². The number of hydrogen-bond acceptors (Lipinski definition) is 8. The highest BCUT2D eigenvalue weighted by atomic mass is 19.1. The normalized spacial score (nSPS) is 18.2. The fourth-order valence-corrected chi connectivity index (χ4v) is 3.56. The molecule has 0 spiro atoms. The van der Waals surface area contributed by atoms with E-state index >= 15 is 0 Å². The van der Waals surface area contributed by atoms with Gasteiger partial charge in [0.25, 0.3) is 5.91 Å². The zero-order valence-corrected chi connectivity index (χ0v) is 17.5. The van der Waals surface area contributed by atoms with Crippen LogP contribution in [0.5, 0.6) is 0 Å². The Bertz CT molecular complexity index is 1100. The highest BCUT2D eigenvalue weighted by Gasteiger charge is 2.26. The molecule has 4 rings (SSSR count). The number of rotatable bonds is 7. The molecule has 32 heavy (non-hydrogen) atoms. The number of nitrogens with zero attached hydrogens (tertiary/aromatic N) is 3. The molecule has 5 N–H and O–H groups in total. The van der Waals surface area contributed by atoms with Crippen molar-refractivity contribution >= 4 is 23.2 Å². The van der Waals surface area contributed by atoms with E-state index in [0.717, 1.165) is 11.6 Å². The van der Waals surface area contributed by atoms with Crippen LogP contribution in [0.3, 0.4) is 0 Å². The number of pyridine rings is 1. The summed E-state index contributed by atoms with van der Waals surface area (Å²) >= 11 is 0. The molecule has 1 saturated heterocycles. The summed E-state index contributed by atoms with van der Waals surface area (Å²) < 4.78 is 20.2. The second kappa shape index (κ2) is 9.67. The maximum absolute atomic E-state index is 14.8. The number of carbonyl (C=O) groups excluding carboxylic acids is 1. The van der Waals surface area contributed by atoms with Crippen LogP contribution in [0.25, 0.3) is 11.4 Å². The summed E-state index contributed by atoms with van der Waals surface area (Å²) in [5, 5.41) is 9.38. The van der Waals surface area contributed by atoms with Crippen molar-refractivity contribution in [2.24, 2.45) is 5.73 Å². The molecule has 2 unspecified atom stereocenters. The number of benzene rings is 1. The Morgan fingerprint density at radius 3 is 2.72 bits per heavy atom. The molecular weight excluding hydrogens is 413 g/mol. The zero-order valence-electron chi connectivity index (χ0n) is 17.5. The van der Waals surface area contributed by atoms with Gasteiger partial charge in [0.15, 0.2) is 17.5 Å². The van der Waals surface area contributed by atoms with Crippen molar-refractivity contribution < 1.29 is 13.9 Å². The van der Waals surface area contributed by atoms with E-state index in [-0.39, 0.29) is 29.3 Å². The molecule has 0 bridgehead atoms. The summed E-state index contributed by atoms with van der Waals surface area (Å²) in [5.74, 6) is -0.699. The number of aromatic nitrogens is 3. The van der Waals surface area contributed by atoms with Gasteiger partial charge in [0.2, 0.25) is 0 Å². The molecular formula is C22H24FN7O2. The van der Waals surface area contributed by atoms with Crippen molar-refractivity contribution in [3.05, 3.63) is 60.2 Å². The summed E-state index contributed by atoms with van der Waals surface area (Å²) in [5.41, 5.74) is 6.83. The third kappa shape index (κ3) is 4.82. The number of likely N-dealkylation sites (N-methyl/N-ethyl adjacent to an activating group) is 1. The first-order chi connectivity index (χ1) is 15.5. The van der Waals surface area contributed by atoms with Crippen molar-refractivity contribution in [2.75, 3.05) is 30.9 Å². The van der Waals surface area contributed by atoms with Crippen molar-refractivity contribution in [1.29, 1.82) is 0 Å². The molecule has 2 aromatic heterocycles. The monoisotopic (exact) mass is 437 g/mol. The minimum absolute atomic E-state index is 0.000250. The van der Waals surface area contributed by atoms with Gasteiger partial charge >= 0.3 is 0 Å². The Balaban J connectivity index is 1.64.